The van der Waals surface area contributed by atoms with Crippen molar-refractivity contribution in [3.8, 4) is 11.4 Å². The van der Waals surface area contributed by atoms with Gasteiger partial charge in [0, 0.05) is 36.6 Å². The number of hydrogen-bond donors (Lipinski definition) is 3. The van der Waals surface area contributed by atoms with Crippen molar-refractivity contribution in [3.05, 3.63) is 58.9 Å². The van der Waals surface area contributed by atoms with Crippen molar-refractivity contribution in [1.82, 2.24) is 19.8 Å². The quantitative estimate of drug-likeness (QED) is 0.465. The lowest BCUT2D eigenvalue weighted by molar-refractivity contribution is 0.262. The van der Waals surface area contributed by atoms with E-state index in [1.54, 1.807) is 6.07 Å². The third-order valence-electron chi connectivity index (χ3n) is 5.85. The Kier molecular flexibility index (Phi) is 4.11. The molecule has 0 bridgehead atoms. The first kappa shape index (κ1) is 17.8. The number of pyridine rings is 1. The van der Waals surface area contributed by atoms with Gasteiger partial charge in [-0.2, -0.15) is 5.10 Å². The standard InChI is InChI=1S/C21H22N6O2/c1-13-5-2-8-17(22-13)18-12-20(26-25-18)24-21(28)23-16-7-3-9-19-15(16)11-14-6-4-10-27(14,19)29/h2-3,5,7-9,12,14H,4,6,10-11H2,1H3,(H3,23,24,25,26,28). The Bertz CT molecular complexity index is 1090. The van der Waals surface area contributed by atoms with Crippen molar-refractivity contribution in [3.63, 3.8) is 0 Å². The van der Waals surface area contributed by atoms with Crippen LogP contribution < -0.4 is 15.3 Å². The van der Waals surface area contributed by atoms with Crippen LogP contribution in [0.15, 0.2) is 42.5 Å². The van der Waals surface area contributed by atoms with Crippen LogP contribution in [0.4, 0.5) is 22.0 Å². The molecule has 4 heterocycles. The zero-order valence-corrected chi connectivity index (χ0v) is 16.1. The van der Waals surface area contributed by atoms with Crippen molar-refractivity contribution in [2.24, 2.45) is 0 Å². The summed E-state index contributed by atoms with van der Waals surface area (Å²) in [5.74, 6) is 0.404. The summed E-state index contributed by atoms with van der Waals surface area (Å²) >= 11 is 0. The lowest BCUT2D eigenvalue weighted by atomic mass is 10.1. The van der Waals surface area contributed by atoms with Gasteiger partial charge in [0.15, 0.2) is 5.82 Å². The van der Waals surface area contributed by atoms with Crippen LogP contribution in [0.3, 0.4) is 0 Å². The van der Waals surface area contributed by atoms with E-state index in [1.165, 1.54) is 0 Å². The molecule has 0 aliphatic carbocycles. The number of amides is 2. The monoisotopic (exact) mass is 390 g/mol. The molecule has 8 nitrogen and oxygen atoms in total. The molecule has 1 fully saturated rings. The van der Waals surface area contributed by atoms with E-state index in [0.717, 1.165) is 41.2 Å². The predicted molar refractivity (Wildman–Crippen MR) is 112 cm³/mol. The van der Waals surface area contributed by atoms with Gasteiger partial charge < -0.3 is 15.2 Å². The second kappa shape index (κ2) is 6.68. The summed E-state index contributed by atoms with van der Waals surface area (Å²) in [7, 11) is 0. The maximum absolute atomic E-state index is 13.2. The van der Waals surface area contributed by atoms with Crippen LogP contribution in [0.2, 0.25) is 0 Å². The summed E-state index contributed by atoms with van der Waals surface area (Å²) in [4.78, 5) is 17.0. The molecule has 3 N–H and O–H groups in total. The van der Waals surface area contributed by atoms with E-state index >= 15 is 0 Å². The summed E-state index contributed by atoms with van der Waals surface area (Å²) in [6, 6.07) is 12.7. The Balaban J connectivity index is 1.32. The summed E-state index contributed by atoms with van der Waals surface area (Å²) in [5.41, 5.74) is 4.83. The van der Waals surface area contributed by atoms with Gasteiger partial charge in [0.05, 0.1) is 29.7 Å². The number of hydrogen-bond acceptors (Lipinski definition) is 4. The molecule has 5 rings (SSSR count). The van der Waals surface area contributed by atoms with Crippen LogP contribution in [-0.4, -0.2) is 33.8 Å². The third kappa shape index (κ3) is 3.06. The minimum Gasteiger partial charge on any atom is -0.627 e. The second-order valence-electron chi connectivity index (χ2n) is 7.73. The second-order valence-corrected chi connectivity index (χ2v) is 7.73. The molecular formula is C21H22N6O2. The van der Waals surface area contributed by atoms with Gasteiger partial charge in [-0.25, -0.2) is 4.79 Å². The number of urea groups is 1. The third-order valence-corrected chi connectivity index (χ3v) is 5.85. The average Bonchev–Trinajstić information content (AvgIpc) is 3.36. The van der Waals surface area contributed by atoms with Gasteiger partial charge in [0.1, 0.15) is 5.69 Å². The average molecular weight is 390 g/mol. The van der Waals surface area contributed by atoms with Crippen molar-refractivity contribution in [1.29, 1.82) is 0 Å². The van der Waals surface area contributed by atoms with Crippen LogP contribution in [0, 0.1) is 12.1 Å². The molecule has 148 valence electrons. The fraction of sp³-hybridized carbons (Fsp3) is 0.286. The minimum absolute atomic E-state index is 0.0757. The Morgan fingerprint density at radius 3 is 2.97 bits per heavy atom. The Morgan fingerprint density at radius 1 is 1.24 bits per heavy atom. The first-order valence-corrected chi connectivity index (χ1v) is 9.81. The summed E-state index contributed by atoms with van der Waals surface area (Å²) in [6.07, 6.45) is 2.61. The molecule has 1 saturated heterocycles. The van der Waals surface area contributed by atoms with Crippen LogP contribution in [0.5, 0.6) is 0 Å². The van der Waals surface area contributed by atoms with Crippen molar-refractivity contribution in [2.45, 2.75) is 32.2 Å². The summed E-state index contributed by atoms with van der Waals surface area (Å²) < 4.78 is -0.251. The molecule has 2 amide bonds. The Hall–Kier alpha value is -3.23. The van der Waals surface area contributed by atoms with Gasteiger partial charge in [0.25, 0.3) is 0 Å². The first-order valence-electron chi connectivity index (χ1n) is 9.81. The van der Waals surface area contributed by atoms with Gasteiger partial charge in [-0.3, -0.25) is 15.4 Å². The van der Waals surface area contributed by atoms with E-state index in [-0.39, 0.29) is 10.7 Å². The molecule has 2 unspecified atom stereocenters. The number of fused-ring (bicyclic) bond motifs is 3. The number of aromatic nitrogens is 3. The molecule has 3 aromatic rings. The number of aromatic amines is 1. The molecule has 0 spiro atoms. The molecule has 1 aromatic carbocycles. The molecule has 2 aromatic heterocycles. The van der Waals surface area contributed by atoms with Crippen LogP contribution >= 0.6 is 0 Å². The maximum atomic E-state index is 13.2. The fourth-order valence-corrected chi connectivity index (χ4v) is 4.50. The lowest BCUT2D eigenvalue weighted by Gasteiger charge is -2.39. The van der Waals surface area contributed by atoms with Gasteiger partial charge in [-0.05, 0) is 31.2 Å². The molecule has 0 saturated carbocycles. The molecule has 2 aliphatic rings. The van der Waals surface area contributed by atoms with E-state index in [2.05, 4.69) is 25.8 Å². The number of quaternary nitrogens is 1. The number of benzene rings is 1. The number of anilines is 2. The van der Waals surface area contributed by atoms with E-state index in [9.17, 15) is 10.0 Å². The van der Waals surface area contributed by atoms with Crippen LogP contribution in [0.1, 0.15) is 24.1 Å². The first-order chi connectivity index (χ1) is 14.0. The van der Waals surface area contributed by atoms with Gasteiger partial charge in [0.2, 0.25) is 0 Å². The number of hydroxylamine groups is 2. The lowest BCUT2D eigenvalue weighted by Crippen LogP contribution is -2.44. The van der Waals surface area contributed by atoms with Gasteiger partial charge in [-0.1, -0.05) is 12.1 Å². The van der Waals surface area contributed by atoms with E-state index in [0.29, 0.717) is 24.5 Å². The number of carbonyl (C=O) groups is 1. The number of nitrogens with zero attached hydrogens (tertiary/aromatic N) is 3. The van der Waals surface area contributed by atoms with E-state index in [4.69, 9.17) is 0 Å². The van der Waals surface area contributed by atoms with E-state index in [1.807, 2.05) is 43.3 Å². The highest BCUT2D eigenvalue weighted by Gasteiger charge is 2.45. The predicted octanol–water partition coefficient (Wildman–Crippen LogP) is 3.95. The van der Waals surface area contributed by atoms with Crippen molar-refractivity contribution < 1.29 is 4.79 Å². The highest BCUT2D eigenvalue weighted by Crippen LogP contribution is 2.46. The minimum atomic E-state index is -0.391. The fourth-order valence-electron chi connectivity index (χ4n) is 4.50. The van der Waals surface area contributed by atoms with Crippen molar-refractivity contribution in [2.75, 3.05) is 17.2 Å². The zero-order valence-electron chi connectivity index (χ0n) is 16.1. The topological polar surface area (TPSA) is 106 Å². The van der Waals surface area contributed by atoms with Gasteiger partial charge in [-0.15, -0.1) is 0 Å². The molecule has 2 aliphatic heterocycles. The maximum Gasteiger partial charge on any atom is 0.324 e. The van der Waals surface area contributed by atoms with E-state index < -0.39 is 6.03 Å². The number of rotatable bonds is 3. The smallest absolute Gasteiger partial charge is 0.324 e. The molecule has 2 atom stereocenters. The summed E-state index contributed by atoms with van der Waals surface area (Å²) in [5, 5.41) is 25.8. The molecular weight excluding hydrogens is 368 g/mol. The number of H-pyrrole nitrogens is 1. The van der Waals surface area contributed by atoms with Crippen LogP contribution in [-0.2, 0) is 6.42 Å². The highest BCUT2D eigenvalue weighted by atomic mass is 16.6. The van der Waals surface area contributed by atoms with Crippen LogP contribution in [0.25, 0.3) is 11.4 Å². The summed E-state index contributed by atoms with van der Waals surface area (Å²) in [6.45, 7) is 2.54. The Morgan fingerprint density at radius 2 is 2.10 bits per heavy atom. The number of aryl methyl sites for hydroxylation is 1. The van der Waals surface area contributed by atoms with Gasteiger partial charge >= 0.3 is 6.03 Å². The van der Waals surface area contributed by atoms with Crippen molar-refractivity contribution >= 4 is 23.2 Å². The molecule has 8 heteroatoms. The molecule has 0 radical (unpaired) electrons. The Labute approximate surface area is 168 Å². The highest BCUT2D eigenvalue weighted by molar-refractivity contribution is 6.00. The molecule has 29 heavy (non-hydrogen) atoms. The number of nitrogens with one attached hydrogen (secondary N) is 3. The largest absolute Gasteiger partial charge is 0.627 e. The zero-order chi connectivity index (χ0) is 20.0. The SMILES string of the molecule is Cc1cccc(-c2cc(NC(=O)Nc3cccc4c3CC3CCC[N+]43[O-])n[nH]2)n1. The normalized spacial score (nSPS) is 22.2. The number of carbonyl (C=O) groups excluding carboxylic acids is 1.